The van der Waals surface area contributed by atoms with Gasteiger partial charge in [-0.05, 0) is 13.0 Å². The normalized spacial score (nSPS) is 10.5. The molecular formula is C11H7Cl2N3O2S. The molecule has 0 fully saturated rings. The molecule has 0 aliphatic carbocycles. The molecule has 0 aliphatic rings. The van der Waals surface area contributed by atoms with Gasteiger partial charge in [0.1, 0.15) is 10.2 Å². The van der Waals surface area contributed by atoms with Crippen molar-refractivity contribution >= 4 is 40.9 Å². The standard InChI is InChI=1S/C11H7Cl2N3O2S/c1-5-10(16-6(4-15-5)11(17)18)19-7-2-3-14-9(13)8(7)12/h2-4H,1H3,(H,17,18). The number of carbonyl (C=O) groups is 1. The van der Waals surface area contributed by atoms with Crippen LogP contribution in [0.15, 0.2) is 28.4 Å². The van der Waals surface area contributed by atoms with Crippen LogP contribution in [0.2, 0.25) is 10.2 Å². The van der Waals surface area contributed by atoms with Crippen LogP contribution in [0.5, 0.6) is 0 Å². The Hall–Kier alpha value is -1.37. The molecule has 0 aromatic carbocycles. The highest BCUT2D eigenvalue weighted by atomic mass is 35.5. The van der Waals surface area contributed by atoms with Crippen LogP contribution in [0, 0.1) is 6.92 Å². The fraction of sp³-hybridized carbons (Fsp3) is 0.0909. The first kappa shape index (κ1) is 14.0. The quantitative estimate of drug-likeness (QED) is 0.875. The van der Waals surface area contributed by atoms with Crippen molar-refractivity contribution in [2.45, 2.75) is 16.8 Å². The van der Waals surface area contributed by atoms with Crippen molar-refractivity contribution in [2.75, 3.05) is 0 Å². The summed E-state index contributed by atoms with van der Waals surface area (Å²) in [5.41, 5.74) is 0.489. The first-order valence-corrected chi connectivity index (χ1v) is 6.61. The number of rotatable bonds is 3. The molecule has 0 unspecified atom stereocenters. The summed E-state index contributed by atoms with van der Waals surface area (Å²) in [4.78, 5) is 23.4. The Morgan fingerprint density at radius 1 is 1.37 bits per heavy atom. The molecular weight excluding hydrogens is 309 g/mol. The topological polar surface area (TPSA) is 76.0 Å². The Balaban J connectivity index is 2.40. The number of aryl methyl sites for hydroxylation is 1. The van der Waals surface area contributed by atoms with Gasteiger partial charge in [0.05, 0.1) is 16.9 Å². The van der Waals surface area contributed by atoms with E-state index in [0.29, 0.717) is 20.6 Å². The molecule has 0 radical (unpaired) electrons. The minimum atomic E-state index is -1.13. The third kappa shape index (κ3) is 3.15. The van der Waals surface area contributed by atoms with Gasteiger partial charge in [-0.3, -0.25) is 4.98 Å². The summed E-state index contributed by atoms with van der Waals surface area (Å²) in [5, 5.41) is 9.85. The lowest BCUT2D eigenvalue weighted by Gasteiger charge is -2.06. The molecule has 19 heavy (non-hydrogen) atoms. The van der Waals surface area contributed by atoms with Crippen molar-refractivity contribution < 1.29 is 9.90 Å². The molecule has 2 rings (SSSR count). The van der Waals surface area contributed by atoms with E-state index in [9.17, 15) is 4.79 Å². The molecule has 2 aromatic rings. The first-order chi connectivity index (χ1) is 8.99. The predicted molar refractivity (Wildman–Crippen MR) is 72.1 cm³/mol. The molecule has 0 spiro atoms. The fourth-order valence-corrected chi connectivity index (χ4v) is 2.53. The Labute approximate surface area is 123 Å². The van der Waals surface area contributed by atoms with E-state index in [2.05, 4.69) is 15.0 Å². The molecule has 5 nitrogen and oxygen atoms in total. The van der Waals surface area contributed by atoms with E-state index >= 15 is 0 Å². The number of carboxylic acid groups (broad SMARTS) is 1. The lowest BCUT2D eigenvalue weighted by Crippen LogP contribution is -2.03. The number of pyridine rings is 1. The second-order valence-corrected chi connectivity index (χ2v) is 5.23. The lowest BCUT2D eigenvalue weighted by atomic mass is 10.4. The van der Waals surface area contributed by atoms with E-state index in [-0.39, 0.29) is 10.8 Å². The van der Waals surface area contributed by atoms with Crippen molar-refractivity contribution in [2.24, 2.45) is 0 Å². The van der Waals surface area contributed by atoms with Gasteiger partial charge in [0.25, 0.3) is 0 Å². The highest BCUT2D eigenvalue weighted by molar-refractivity contribution is 7.99. The van der Waals surface area contributed by atoms with Gasteiger partial charge in [-0.2, -0.15) is 0 Å². The third-order valence-corrected chi connectivity index (χ3v) is 4.17. The zero-order chi connectivity index (χ0) is 14.0. The SMILES string of the molecule is Cc1ncc(C(=O)O)nc1Sc1ccnc(Cl)c1Cl. The van der Waals surface area contributed by atoms with Crippen molar-refractivity contribution in [3.05, 3.63) is 40.0 Å². The van der Waals surface area contributed by atoms with Crippen molar-refractivity contribution in [3.63, 3.8) is 0 Å². The van der Waals surface area contributed by atoms with Crippen LogP contribution < -0.4 is 0 Å². The van der Waals surface area contributed by atoms with Crippen LogP contribution in [0.4, 0.5) is 0 Å². The molecule has 0 aliphatic heterocycles. The minimum absolute atomic E-state index is 0.121. The molecule has 8 heteroatoms. The van der Waals surface area contributed by atoms with Gasteiger partial charge in [0.2, 0.25) is 0 Å². The zero-order valence-electron chi connectivity index (χ0n) is 9.59. The average molecular weight is 316 g/mol. The predicted octanol–water partition coefficient (Wildman–Crippen LogP) is 3.34. The summed E-state index contributed by atoms with van der Waals surface area (Å²) < 4.78 is 0. The number of carboxylic acids is 1. The van der Waals surface area contributed by atoms with E-state index in [1.165, 1.54) is 24.2 Å². The van der Waals surface area contributed by atoms with Crippen LogP contribution in [-0.2, 0) is 0 Å². The molecule has 2 heterocycles. The summed E-state index contributed by atoms with van der Waals surface area (Å²) in [6.07, 6.45) is 2.73. The highest BCUT2D eigenvalue weighted by Gasteiger charge is 2.13. The van der Waals surface area contributed by atoms with Crippen LogP contribution in [0.1, 0.15) is 16.2 Å². The first-order valence-electron chi connectivity index (χ1n) is 5.04. The van der Waals surface area contributed by atoms with Gasteiger partial charge in [-0.1, -0.05) is 35.0 Å². The van der Waals surface area contributed by atoms with E-state index in [4.69, 9.17) is 28.3 Å². The Kier molecular flexibility index (Phi) is 4.24. The molecule has 0 saturated heterocycles. The second-order valence-electron chi connectivity index (χ2n) is 3.47. The molecule has 0 amide bonds. The van der Waals surface area contributed by atoms with E-state index in [1.807, 2.05) is 0 Å². The summed E-state index contributed by atoms with van der Waals surface area (Å²) in [6, 6.07) is 1.67. The maximum Gasteiger partial charge on any atom is 0.356 e. The zero-order valence-corrected chi connectivity index (χ0v) is 11.9. The van der Waals surface area contributed by atoms with Crippen LogP contribution >= 0.6 is 35.0 Å². The second kappa shape index (κ2) is 5.73. The Morgan fingerprint density at radius 2 is 2.11 bits per heavy atom. The number of aromatic nitrogens is 3. The highest BCUT2D eigenvalue weighted by Crippen LogP contribution is 2.35. The van der Waals surface area contributed by atoms with Gasteiger partial charge >= 0.3 is 5.97 Å². The van der Waals surface area contributed by atoms with E-state index in [1.54, 1.807) is 13.0 Å². The lowest BCUT2D eigenvalue weighted by molar-refractivity contribution is 0.0689. The summed E-state index contributed by atoms with van der Waals surface area (Å²) in [6.45, 7) is 1.73. The molecule has 0 saturated carbocycles. The summed E-state index contributed by atoms with van der Waals surface area (Å²) in [7, 11) is 0. The van der Waals surface area contributed by atoms with Gasteiger partial charge < -0.3 is 5.11 Å². The van der Waals surface area contributed by atoms with Gasteiger partial charge in [-0.15, -0.1) is 0 Å². The molecule has 0 atom stereocenters. The van der Waals surface area contributed by atoms with Gasteiger partial charge in [-0.25, -0.2) is 14.8 Å². The fourth-order valence-electron chi connectivity index (χ4n) is 1.22. The largest absolute Gasteiger partial charge is 0.476 e. The molecule has 1 N–H and O–H groups in total. The van der Waals surface area contributed by atoms with E-state index in [0.717, 1.165) is 0 Å². The number of halogens is 2. The number of aromatic carboxylic acids is 1. The van der Waals surface area contributed by atoms with Crippen LogP contribution in [0.3, 0.4) is 0 Å². The smallest absolute Gasteiger partial charge is 0.356 e. The summed E-state index contributed by atoms with van der Waals surface area (Å²) in [5.74, 6) is -1.13. The van der Waals surface area contributed by atoms with Crippen molar-refractivity contribution in [1.82, 2.24) is 15.0 Å². The molecule has 0 bridgehead atoms. The van der Waals surface area contributed by atoms with Crippen molar-refractivity contribution in [1.29, 1.82) is 0 Å². The minimum Gasteiger partial charge on any atom is -0.476 e. The van der Waals surface area contributed by atoms with Crippen molar-refractivity contribution in [3.8, 4) is 0 Å². The third-order valence-electron chi connectivity index (χ3n) is 2.15. The number of hydrogen-bond donors (Lipinski definition) is 1. The van der Waals surface area contributed by atoms with Gasteiger partial charge in [0.15, 0.2) is 5.69 Å². The maximum atomic E-state index is 10.9. The number of nitrogens with zero attached hydrogens (tertiary/aromatic N) is 3. The molecule has 2 aromatic heterocycles. The monoisotopic (exact) mass is 315 g/mol. The average Bonchev–Trinajstić information content (AvgIpc) is 2.37. The van der Waals surface area contributed by atoms with Crippen LogP contribution in [0.25, 0.3) is 0 Å². The maximum absolute atomic E-state index is 10.9. The van der Waals surface area contributed by atoms with Gasteiger partial charge in [0, 0.05) is 11.1 Å². The number of hydrogen-bond acceptors (Lipinski definition) is 5. The summed E-state index contributed by atoms with van der Waals surface area (Å²) >= 11 is 13.0. The Bertz CT molecular complexity index is 652. The van der Waals surface area contributed by atoms with Crippen LogP contribution in [-0.4, -0.2) is 26.0 Å². The molecule has 98 valence electrons. The Morgan fingerprint density at radius 3 is 2.79 bits per heavy atom. The van der Waals surface area contributed by atoms with E-state index < -0.39 is 5.97 Å².